The summed E-state index contributed by atoms with van der Waals surface area (Å²) in [6.45, 7) is 3.84. The second kappa shape index (κ2) is 4.69. The highest BCUT2D eigenvalue weighted by atomic mass is 16.5. The van der Waals surface area contributed by atoms with Crippen LogP contribution in [0.1, 0.15) is 13.8 Å². The number of nitrogens with two attached hydrogens (primary N) is 1. The summed E-state index contributed by atoms with van der Waals surface area (Å²) < 4.78 is 6.01. The van der Waals surface area contributed by atoms with Gasteiger partial charge in [-0.15, -0.1) is 0 Å². The number of ether oxygens (including phenoxy) is 1. The lowest BCUT2D eigenvalue weighted by atomic mass is 9.79. The van der Waals surface area contributed by atoms with Gasteiger partial charge in [0, 0.05) is 0 Å². The van der Waals surface area contributed by atoms with Gasteiger partial charge in [-0.3, -0.25) is 4.79 Å². The molecule has 2 N–H and O–H groups in total. The first-order valence-electron chi connectivity index (χ1n) is 5.93. The summed E-state index contributed by atoms with van der Waals surface area (Å²) in [5.74, 6) is -0.103. The van der Waals surface area contributed by atoms with Crippen LogP contribution in [0.25, 0.3) is 0 Å². The standard InChI is InChI=1S/C15H17NO2/c1-11-7-6-10-13(14(16)17)15(11,2)18-12-8-4-3-5-9-12/h3-10,13H,1-2H3,(H2,16,17). The Labute approximate surface area is 107 Å². The Morgan fingerprint density at radius 1 is 1.33 bits per heavy atom. The maximum atomic E-state index is 11.6. The van der Waals surface area contributed by atoms with Gasteiger partial charge < -0.3 is 10.5 Å². The lowest BCUT2D eigenvalue weighted by molar-refractivity contribution is -0.124. The van der Waals surface area contributed by atoms with Crippen LogP contribution in [-0.2, 0) is 4.79 Å². The van der Waals surface area contributed by atoms with Crippen LogP contribution >= 0.6 is 0 Å². The average Bonchev–Trinajstić information content (AvgIpc) is 2.33. The number of hydrogen-bond acceptors (Lipinski definition) is 2. The summed E-state index contributed by atoms with van der Waals surface area (Å²) in [4.78, 5) is 11.6. The van der Waals surface area contributed by atoms with E-state index in [1.165, 1.54) is 0 Å². The van der Waals surface area contributed by atoms with Crippen LogP contribution < -0.4 is 10.5 Å². The zero-order valence-electron chi connectivity index (χ0n) is 10.6. The number of amides is 1. The first-order chi connectivity index (χ1) is 8.54. The van der Waals surface area contributed by atoms with Crippen LogP contribution in [0.15, 0.2) is 54.1 Å². The topological polar surface area (TPSA) is 52.3 Å². The minimum Gasteiger partial charge on any atom is -0.482 e. The van der Waals surface area contributed by atoms with Crippen molar-refractivity contribution in [3.63, 3.8) is 0 Å². The third-order valence-electron chi connectivity index (χ3n) is 3.41. The second-order valence-corrected chi connectivity index (χ2v) is 4.64. The molecule has 1 aromatic carbocycles. The van der Waals surface area contributed by atoms with Gasteiger partial charge in [-0.05, 0) is 31.6 Å². The van der Waals surface area contributed by atoms with Crippen molar-refractivity contribution >= 4 is 5.91 Å². The largest absolute Gasteiger partial charge is 0.482 e. The molecule has 1 aliphatic carbocycles. The van der Waals surface area contributed by atoms with Gasteiger partial charge in [0.25, 0.3) is 0 Å². The Hall–Kier alpha value is -2.03. The summed E-state index contributed by atoms with van der Waals surface area (Å²) in [7, 11) is 0. The Kier molecular flexibility index (Phi) is 3.24. The predicted octanol–water partition coefficient (Wildman–Crippen LogP) is 2.44. The van der Waals surface area contributed by atoms with Gasteiger partial charge in [-0.1, -0.05) is 36.4 Å². The molecule has 2 unspecified atom stereocenters. The molecule has 0 spiro atoms. The summed E-state index contributed by atoms with van der Waals surface area (Å²) >= 11 is 0. The van der Waals surface area contributed by atoms with Crippen molar-refractivity contribution in [1.82, 2.24) is 0 Å². The minimum absolute atomic E-state index is 0.378. The molecular weight excluding hydrogens is 226 g/mol. The number of hydrogen-bond donors (Lipinski definition) is 1. The van der Waals surface area contributed by atoms with Crippen molar-refractivity contribution in [3.05, 3.63) is 54.1 Å². The lowest BCUT2D eigenvalue weighted by Crippen LogP contribution is -2.48. The number of benzene rings is 1. The lowest BCUT2D eigenvalue weighted by Gasteiger charge is -2.37. The number of allylic oxidation sites excluding steroid dienone is 2. The Morgan fingerprint density at radius 2 is 2.00 bits per heavy atom. The maximum Gasteiger partial charge on any atom is 0.228 e. The molecular formula is C15H17NO2. The monoisotopic (exact) mass is 243 g/mol. The van der Waals surface area contributed by atoms with E-state index in [-0.39, 0.29) is 5.91 Å². The van der Waals surface area contributed by atoms with Crippen molar-refractivity contribution in [2.75, 3.05) is 0 Å². The van der Waals surface area contributed by atoms with E-state index in [1.807, 2.05) is 56.3 Å². The van der Waals surface area contributed by atoms with Crippen LogP contribution in [0.4, 0.5) is 0 Å². The van der Waals surface area contributed by atoms with Crippen LogP contribution in [0.3, 0.4) is 0 Å². The third-order valence-corrected chi connectivity index (χ3v) is 3.41. The summed E-state index contributed by atoms with van der Waals surface area (Å²) in [5.41, 5.74) is 5.72. The molecule has 2 atom stereocenters. The molecule has 0 bridgehead atoms. The molecule has 18 heavy (non-hydrogen) atoms. The van der Waals surface area contributed by atoms with E-state index in [0.717, 1.165) is 11.3 Å². The molecule has 0 saturated carbocycles. The van der Waals surface area contributed by atoms with Crippen LogP contribution in [0.5, 0.6) is 5.75 Å². The Morgan fingerprint density at radius 3 is 2.61 bits per heavy atom. The van der Waals surface area contributed by atoms with E-state index in [4.69, 9.17) is 10.5 Å². The molecule has 0 heterocycles. The van der Waals surface area contributed by atoms with Gasteiger partial charge in [-0.2, -0.15) is 0 Å². The molecule has 1 amide bonds. The average molecular weight is 243 g/mol. The summed E-state index contributed by atoms with van der Waals surface area (Å²) in [5, 5.41) is 0. The fourth-order valence-electron chi connectivity index (χ4n) is 2.15. The molecule has 0 radical (unpaired) electrons. The Bertz CT molecular complexity index is 504. The zero-order chi connectivity index (χ0) is 13.2. The molecule has 3 heteroatoms. The molecule has 1 aromatic rings. The SMILES string of the molecule is CC1=CC=CC(C(N)=O)C1(C)Oc1ccccc1. The van der Waals surface area contributed by atoms with Crippen LogP contribution in [0, 0.1) is 5.92 Å². The van der Waals surface area contributed by atoms with E-state index in [1.54, 1.807) is 6.08 Å². The van der Waals surface area contributed by atoms with Crippen molar-refractivity contribution in [2.45, 2.75) is 19.4 Å². The van der Waals surface area contributed by atoms with Gasteiger partial charge in [-0.25, -0.2) is 0 Å². The number of rotatable bonds is 3. The molecule has 0 saturated heterocycles. The first-order valence-corrected chi connectivity index (χ1v) is 5.93. The van der Waals surface area contributed by atoms with Crippen molar-refractivity contribution in [1.29, 1.82) is 0 Å². The smallest absolute Gasteiger partial charge is 0.228 e. The fourth-order valence-corrected chi connectivity index (χ4v) is 2.15. The van der Waals surface area contributed by atoms with Gasteiger partial charge in [0.05, 0.1) is 5.92 Å². The van der Waals surface area contributed by atoms with E-state index < -0.39 is 11.5 Å². The molecule has 0 aliphatic heterocycles. The normalized spacial score (nSPS) is 26.6. The van der Waals surface area contributed by atoms with E-state index in [2.05, 4.69) is 0 Å². The first kappa shape index (κ1) is 12.4. The van der Waals surface area contributed by atoms with Crippen LogP contribution in [-0.4, -0.2) is 11.5 Å². The van der Waals surface area contributed by atoms with Gasteiger partial charge >= 0.3 is 0 Å². The fraction of sp³-hybridized carbons (Fsp3) is 0.267. The summed E-state index contributed by atoms with van der Waals surface area (Å²) in [6.07, 6.45) is 5.58. The number of carbonyl (C=O) groups is 1. The minimum atomic E-state index is -0.720. The molecule has 1 aliphatic rings. The van der Waals surface area contributed by atoms with E-state index in [0.29, 0.717) is 0 Å². The molecule has 2 rings (SSSR count). The van der Waals surface area contributed by atoms with Crippen molar-refractivity contribution < 1.29 is 9.53 Å². The van der Waals surface area contributed by atoms with Crippen molar-refractivity contribution in [2.24, 2.45) is 11.7 Å². The highest BCUT2D eigenvalue weighted by molar-refractivity contribution is 5.81. The molecule has 0 aromatic heterocycles. The highest BCUT2D eigenvalue weighted by Gasteiger charge is 2.41. The molecule has 0 fully saturated rings. The van der Waals surface area contributed by atoms with Gasteiger partial charge in [0.2, 0.25) is 5.91 Å². The van der Waals surface area contributed by atoms with Gasteiger partial charge in [0.1, 0.15) is 11.4 Å². The van der Waals surface area contributed by atoms with E-state index in [9.17, 15) is 4.79 Å². The predicted molar refractivity (Wildman–Crippen MR) is 71.1 cm³/mol. The second-order valence-electron chi connectivity index (χ2n) is 4.64. The van der Waals surface area contributed by atoms with Crippen LogP contribution in [0.2, 0.25) is 0 Å². The highest BCUT2D eigenvalue weighted by Crippen LogP contribution is 2.35. The number of primary amides is 1. The molecule has 94 valence electrons. The van der Waals surface area contributed by atoms with Crippen molar-refractivity contribution in [3.8, 4) is 5.75 Å². The van der Waals surface area contributed by atoms with Gasteiger partial charge in [0.15, 0.2) is 0 Å². The zero-order valence-corrected chi connectivity index (χ0v) is 10.6. The maximum absolute atomic E-state index is 11.6. The Balaban J connectivity index is 2.34. The number of carbonyl (C=O) groups excluding carboxylic acids is 1. The summed E-state index contributed by atoms with van der Waals surface area (Å²) in [6, 6.07) is 9.46. The quantitative estimate of drug-likeness (QED) is 0.886. The molecule has 3 nitrogen and oxygen atoms in total. The third kappa shape index (κ3) is 2.16. The van der Waals surface area contributed by atoms with E-state index >= 15 is 0 Å². The number of para-hydroxylation sites is 1.